The first-order valence-electron chi connectivity index (χ1n) is 14.6. The Kier molecular flexibility index (Phi) is 9.06. The fraction of sp³-hybridized carbons (Fsp3) is 0.469. The lowest BCUT2D eigenvalue weighted by molar-refractivity contribution is -0.118. The van der Waals surface area contributed by atoms with E-state index in [-0.39, 0.29) is 23.9 Å². The van der Waals surface area contributed by atoms with Gasteiger partial charge in [0.2, 0.25) is 5.91 Å². The Hall–Kier alpha value is -3.27. The number of carbonyl (C=O) groups is 1. The molecule has 0 radical (unpaired) electrons. The van der Waals surface area contributed by atoms with Crippen LogP contribution >= 0.6 is 12.2 Å². The molecule has 9 heteroatoms. The molecule has 5 rings (SSSR count). The molecule has 4 heterocycles. The zero-order valence-electron chi connectivity index (χ0n) is 24.8. The number of morpholine rings is 1. The average Bonchev–Trinajstić information content (AvgIpc) is 3.45. The number of hydrogen-bond acceptors (Lipinski definition) is 5. The van der Waals surface area contributed by atoms with Crippen LogP contribution in [0.2, 0.25) is 0 Å². The van der Waals surface area contributed by atoms with Gasteiger partial charge in [-0.2, -0.15) is 0 Å². The highest BCUT2D eigenvalue weighted by Crippen LogP contribution is 2.44. The van der Waals surface area contributed by atoms with Gasteiger partial charge in [-0.25, -0.2) is 0 Å². The van der Waals surface area contributed by atoms with Crippen LogP contribution in [-0.4, -0.2) is 58.3 Å². The van der Waals surface area contributed by atoms with Crippen molar-refractivity contribution in [2.75, 3.05) is 43.1 Å². The zero-order chi connectivity index (χ0) is 29.1. The maximum absolute atomic E-state index is 12.4. The first kappa shape index (κ1) is 29.2. The van der Waals surface area contributed by atoms with Crippen molar-refractivity contribution >= 4 is 34.6 Å². The molecule has 218 valence electrons. The van der Waals surface area contributed by atoms with Crippen molar-refractivity contribution in [2.45, 2.75) is 59.7 Å². The van der Waals surface area contributed by atoms with Crippen LogP contribution in [0.25, 0.3) is 0 Å². The molecule has 0 unspecified atom stereocenters. The Morgan fingerprint density at radius 3 is 2.59 bits per heavy atom. The van der Waals surface area contributed by atoms with E-state index in [1.165, 1.54) is 17.0 Å². The van der Waals surface area contributed by atoms with E-state index in [0.717, 1.165) is 68.4 Å². The molecular formula is C32H42N6O2S. The van der Waals surface area contributed by atoms with E-state index < -0.39 is 0 Å². The standard InChI is InChI=1S/C32H42N6O2S/c1-21(2)31(39)34-27-11-10-25(19-22(27)3)38-30(29(35-32(38)41)28-9-6-7-12-33-28)26-20-23(4)37(24(26)5)14-8-13-36-15-17-40-18-16-36/h6-7,9-12,19-21,29-30H,8,13-18H2,1-5H3,(H,34,39)(H,35,41)/t29-,30-/m1/s1. The summed E-state index contributed by atoms with van der Waals surface area (Å²) in [7, 11) is 0. The molecule has 8 nitrogen and oxygen atoms in total. The van der Waals surface area contributed by atoms with Gasteiger partial charge in [-0.3, -0.25) is 14.7 Å². The van der Waals surface area contributed by atoms with Gasteiger partial charge in [0.15, 0.2) is 5.11 Å². The number of hydrogen-bond donors (Lipinski definition) is 2. The fourth-order valence-electron chi connectivity index (χ4n) is 5.91. The van der Waals surface area contributed by atoms with Crippen molar-refractivity contribution < 1.29 is 9.53 Å². The SMILES string of the molecule is Cc1cc(N2C(=S)N[C@H](c3ccccn3)[C@H]2c2cc(C)n(CCCN3CCOCC3)c2C)ccc1NC(=O)C(C)C. The molecule has 1 aromatic carbocycles. The number of benzene rings is 1. The van der Waals surface area contributed by atoms with E-state index in [0.29, 0.717) is 5.11 Å². The minimum absolute atomic E-state index is 0.00774. The van der Waals surface area contributed by atoms with Crippen molar-refractivity contribution in [1.82, 2.24) is 19.8 Å². The van der Waals surface area contributed by atoms with E-state index in [1.807, 2.05) is 51.2 Å². The zero-order valence-corrected chi connectivity index (χ0v) is 25.6. The van der Waals surface area contributed by atoms with Gasteiger partial charge >= 0.3 is 0 Å². The first-order chi connectivity index (χ1) is 19.7. The predicted molar refractivity (Wildman–Crippen MR) is 168 cm³/mol. The number of carbonyl (C=O) groups excluding carboxylic acids is 1. The summed E-state index contributed by atoms with van der Waals surface area (Å²) in [6.45, 7) is 16.0. The number of nitrogens with one attached hydrogen (secondary N) is 2. The monoisotopic (exact) mass is 574 g/mol. The topological polar surface area (TPSA) is 74.7 Å². The van der Waals surface area contributed by atoms with Gasteiger partial charge in [0.1, 0.15) is 0 Å². The lowest BCUT2D eigenvalue weighted by Crippen LogP contribution is -2.37. The minimum atomic E-state index is -0.105. The Morgan fingerprint density at radius 2 is 1.90 bits per heavy atom. The molecule has 2 saturated heterocycles. The highest BCUT2D eigenvalue weighted by Gasteiger charge is 2.42. The predicted octanol–water partition coefficient (Wildman–Crippen LogP) is 5.30. The highest BCUT2D eigenvalue weighted by molar-refractivity contribution is 7.80. The lowest BCUT2D eigenvalue weighted by atomic mass is 9.96. The lowest BCUT2D eigenvalue weighted by Gasteiger charge is -2.29. The number of rotatable bonds is 9. The van der Waals surface area contributed by atoms with Gasteiger partial charge in [0.25, 0.3) is 0 Å². The van der Waals surface area contributed by atoms with Crippen molar-refractivity contribution in [3.8, 4) is 0 Å². The summed E-state index contributed by atoms with van der Waals surface area (Å²) in [6, 6.07) is 14.3. The third-order valence-electron chi connectivity index (χ3n) is 8.26. The second-order valence-corrected chi connectivity index (χ2v) is 11.8. The molecule has 2 aliphatic rings. The Bertz CT molecular complexity index is 1380. The highest BCUT2D eigenvalue weighted by atomic mass is 32.1. The summed E-state index contributed by atoms with van der Waals surface area (Å²) < 4.78 is 7.96. The Morgan fingerprint density at radius 1 is 1.12 bits per heavy atom. The van der Waals surface area contributed by atoms with E-state index in [2.05, 4.69) is 57.0 Å². The van der Waals surface area contributed by atoms with Crippen LogP contribution in [0.1, 0.15) is 60.6 Å². The third-order valence-corrected chi connectivity index (χ3v) is 8.57. The molecule has 2 aliphatic heterocycles. The molecule has 3 aromatic rings. The summed E-state index contributed by atoms with van der Waals surface area (Å²) in [5, 5.41) is 7.31. The van der Waals surface area contributed by atoms with Gasteiger partial charge in [-0.15, -0.1) is 0 Å². The van der Waals surface area contributed by atoms with Crippen molar-refractivity contribution in [1.29, 1.82) is 0 Å². The second-order valence-electron chi connectivity index (χ2n) is 11.4. The van der Waals surface area contributed by atoms with Gasteiger partial charge in [-0.1, -0.05) is 19.9 Å². The Balaban J connectivity index is 1.47. The quantitative estimate of drug-likeness (QED) is 0.336. The maximum atomic E-state index is 12.4. The maximum Gasteiger partial charge on any atom is 0.226 e. The van der Waals surface area contributed by atoms with Crippen molar-refractivity contribution in [3.05, 3.63) is 76.9 Å². The van der Waals surface area contributed by atoms with Gasteiger partial charge in [-0.05, 0) is 86.9 Å². The first-order valence-corrected chi connectivity index (χ1v) is 15.0. The minimum Gasteiger partial charge on any atom is -0.379 e. The summed E-state index contributed by atoms with van der Waals surface area (Å²) in [5.41, 5.74) is 7.51. The van der Waals surface area contributed by atoms with Crippen LogP contribution in [0.3, 0.4) is 0 Å². The molecule has 41 heavy (non-hydrogen) atoms. The normalized spacial score (nSPS) is 19.6. The number of aryl methyl sites for hydroxylation is 2. The van der Waals surface area contributed by atoms with Crippen LogP contribution in [0.15, 0.2) is 48.7 Å². The molecule has 1 amide bonds. The molecule has 2 aromatic heterocycles. The number of ether oxygens (including phenoxy) is 1. The molecule has 2 atom stereocenters. The number of nitrogens with zero attached hydrogens (tertiary/aromatic N) is 4. The van der Waals surface area contributed by atoms with Gasteiger partial charge in [0, 0.05) is 61.1 Å². The molecule has 0 bridgehead atoms. The second kappa shape index (κ2) is 12.7. The van der Waals surface area contributed by atoms with Gasteiger partial charge in [0.05, 0.1) is 31.0 Å². The van der Waals surface area contributed by atoms with Crippen molar-refractivity contribution in [2.24, 2.45) is 5.92 Å². The van der Waals surface area contributed by atoms with E-state index in [9.17, 15) is 4.79 Å². The summed E-state index contributed by atoms with van der Waals surface area (Å²) in [4.78, 5) is 21.8. The summed E-state index contributed by atoms with van der Waals surface area (Å²) in [5.74, 6) is -0.0783. The van der Waals surface area contributed by atoms with Crippen LogP contribution in [0.5, 0.6) is 0 Å². The van der Waals surface area contributed by atoms with E-state index >= 15 is 0 Å². The third kappa shape index (κ3) is 6.32. The fourth-order valence-corrected chi connectivity index (χ4v) is 6.26. The van der Waals surface area contributed by atoms with Crippen molar-refractivity contribution in [3.63, 3.8) is 0 Å². The smallest absolute Gasteiger partial charge is 0.226 e. The van der Waals surface area contributed by atoms with Crippen LogP contribution < -0.4 is 15.5 Å². The number of thiocarbonyl (C=S) groups is 1. The van der Waals surface area contributed by atoms with Crippen LogP contribution in [0, 0.1) is 26.7 Å². The van der Waals surface area contributed by atoms with Crippen LogP contribution in [-0.2, 0) is 16.1 Å². The number of anilines is 2. The molecule has 0 aliphatic carbocycles. The molecule has 0 saturated carbocycles. The number of pyridine rings is 1. The largest absolute Gasteiger partial charge is 0.379 e. The summed E-state index contributed by atoms with van der Waals surface area (Å²) in [6.07, 6.45) is 2.93. The number of aromatic nitrogens is 2. The average molecular weight is 575 g/mol. The summed E-state index contributed by atoms with van der Waals surface area (Å²) >= 11 is 5.98. The van der Waals surface area contributed by atoms with E-state index in [4.69, 9.17) is 21.9 Å². The molecule has 2 N–H and O–H groups in total. The number of amides is 1. The van der Waals surface area contributed by atoms with Crippen LogP contribution in [0.4, 0.5) is 11.4 Å². The molecular weight excluding hydrogens is 532 g/mol. The van der Waals surface area contributed by atoms with E-state index in [1.54, 1.807) is 0 Å². The molecule has 0 spiro atoms. The Labute approximate surface area is 249 Å². The van der Waals surface area contributed by atoms with Gasteiger partial charge < -0.3 is 24.8 Å². The molecule has 2 fully saturated rings.